The number of nitrogens with zero attached hydrogens (tertiary/aromatic N) is 2. The van der Waals surface area contributed by atoms with Crippen LogP contribution >= 0.6 is 11.6 Å². The molecule has 0 aliphatic carbocycles. The normalized spacial score (nSPS) is 13.8. The van der Waals surface area contributed by atoms with Crippen LogP contribution in [0.5, 0.6) is 0 Å². The molecule has 0 unspecified atom stereocenters. The highest BCUT2D eigenvalue weighted by Crippen LogP contribution is 2.38. The molecule has 0 saturated heterocycles. The molecule has 0 bridgehead atoms. The summed E-state index contributed by atoms with van der Waals surface area (Å²) in [7, 11) is -3.89. The van der Waals surface area contributed by atoms with Gasteiger partial charge in [-0.2, -0.15) is 4.98 Å². The van der Waals surface area contributed by atoms with E-state index in [1.165, 1.54) is 5.56 Å². The first-order chi connectivity index (χ1) is 15.0. The second-order valence-corrected chi connectivity index (χ2v) is 9.64. The third-order valence-electron chi connectivity index (χ3n) is 5.41. The van der Waals surface area contributed by atoms with E-state index in [2.05, 4.69) is 17.1 Å². The van der Waals surface area contributed by atoms with Gasteiger partial charge in [0.1, 0.15) is 0 Å². The maximum absolute atomic E-state index is 13.5. The highest BCUT2D eigenvalue weighted by molar-refractivity contribution is 7.91. The molecular weight excluding hydrogens is 432 g/mol. The first kappa shape index (κ1) is 19.8. The van der Waals surface area contributed by atoms with E-state index in [1.807, 2.05) is 23.1 Å². The SMILES string of the molecule is O=S(=O)(c1ccccc1)c1nc(-c2ccccc2Cl)oc1N1CCc2ccccc2C1. The van der Waals surface area contributed by atoms with E-state index in [0.29, 0.717) is 23.7 Å². The molecule has 0 fully saturated rings. The number of hydrogen-bond acceptors (Lipinski definition) is 5. The largest absolute Gasteiger partial charge is 0.419 e. The fourth-order valence-corrected chi connectivity index (χ4v) is 5.36. The van der Waals surface area contributed by atoms with Gasteiger partial charge in [-0.05, 0) is 41.8 Å². The van der Waals surface area contributed by atoms with Gasteiger partial charge < -0.3 is 9.32 Å². The first-order valence-corrected chi connectivity index (χ1v) is 11.8. The fourth-order valence-electron chi connectivity index (χ4n) is 3.80. The molecule has 2 heterocycles. The number of fused-ring (bicyclic) bond motifs is 1. The van der Waals surface area contributed by atoms with Crippen LogP contribution in [0.2, 0.25) is 5.02 Å². The second-order valence-electron chi connectivity index (χ2n) is 7.37. The van der Waals surface area contributed by atoms with Crippen LogP contribution in [-0.4, -0.2) is 19.9 Å². The fraction of sp³-hybridized carbons (Fsp3) is 0.125. The summed E-state index contributed by atoms with van der Waals surface area (Å²) >= 11 is 6.34. The minimum atomic E-state index is -3.89. The molecule has 1 aliphatic heterocycles. The van der Waals surface area contributed by atoms with E-state index in [9.17, 15) is 8.42 Å². The molecule has 156 valence electrons. The van der Waals surface area contributed by atoms with Crippen molar-refractivity contribution in [2.24, 2.45) is 0 Å². The van der Waals surface area contributed by atoms with Gasteiger partial charge in [-0.3, -0.25) is 0 Å². The highest BCUT2D eigenvalue weighted by Gasteiger charge is 2.33. The van der Waals surface area contributed by atoms with Crippen LogP contribution < -0.4 is 4.90 Å². The molecule has 5 nitrogen and oxygen atoms in total. The summed E-state index contributed by atoms with van der Waals surface area (Å²) in [6.07, 6.45) is 0.795. The van der Waals surface area contributed by atoms with Gasteiger partial charge in [0, 0.05) is 13.1 Å². The summed E-state index contributed by atoms with van der Waals surface area (Å²) in [5.41, 5.74) is 2.96. The summed E-state index contributed by atoms with van der Waals surface area (Å²) < 4.78 is 33.1. The van der Waals surface area contributed by atoms with Crippen molar-refractivity contribution in [3.63, 3.8) is 0 Å². The number of hydrogen-bond donors (Lipinski definition) is 0. The molecule has 4 aromatic rings. The summed E-state index contributed by atoms with van der Waals surface area (Å²) in [5.74, 6) is 0.433. The minimum Gasteiger partial charge on any atom is -0.419 e. The molecule has 0 amide bonds. The van der Waals surface area contributed by atoms with Gasteiger partial charge in [0.25, 0.3) is 0 Å². The summed E-state index contributed by atoms with van der Waals surface area (Å²) in [6.45, 7) is 1.18. The lowest BCUT2D eigenvalue weighted by Gasteiger charge is -2.28. The Morgan fingerprint density at radius 1 is 0.871 bits per heavy atom. The van der Waals surface area contributed by atoms with E-state index >= 15 is 0 Å². The van der Waals surface area contributed by atoms with Gasteiger partial charge in [0.05, 0.1) is 15.5 Å². The molecule has 1 aromatic heterocycles. The smallest absolute Gasteiger partial charge is 0.236 e. The quantitative estimate of drug-likeness (QED) is 0.417. The lowest BCUT2D eigenvalue weighted by atomic mass is 10.0. The zero-order valence-electron chi connectivity index (χ0n) is 16.5. The second kappa shape index (κ2) is 7.87. The summed E-state index contributed by atoms with van der Waals surface area (Å²) in [6, 6.07) is 23.6. The van der Waals surface area contributed by atoms with Crippen LogP contribution in [-0.2, 0) is 22.8 Å². The minimum absolute atomic E-state index is 0.0898. The maximum atomic E-state index is 13.5. The molecule has 0 atom stereocenters. The van der Waals surface area contributed by atoms with Crippen LogP contribution in [0.4, 0.5) is 5.88 Å². The zero-order chi connectivity index (χ0) is 21.4. The van der Waals surface area contributed by atoms with Crippen molar-refractivity contribution in [3.05, 3.63) is 95.0 Å². The van der Waals surface area contributed by atoms with Crippen molar-refractivity contribution in [1.29, 1.82) is 0 Å². The molecule has 7 heteroatoms. The van der Waals surface area contributed by atoms with Gasteiger partial charge >= 0.3 is 0 Å². The molecule has 0 radical (unpaired) electrons. The van der Waals surface area contributed by atoms with Crippen LogP contribution in [0, 0.1) is 0 Å². The van der Waals surface area contributed by atoms with Crippen LogP contribution in [0.1, 0.15) is 11.1 Å². The molecule has 5 rings (SSSR count). The van der Waals surface area contributed by atoms with E-state index in [1.54, 1.807) is 48.5 Å². The molecule has 1 aliphatic rings. The predicted molar refractivity (Wildman–Crippen MR) is 120 cm³/mol. The highest BCUT2D eigenvalue weighted by atomic mass is 35.5. The van der Waals surface area contributed by atoms with Crippen molar-refractivity contribution in [1.82, 2.24) is 4.98 Å². The Bertz CT molecular complexity index is 1350. The van der Waals surface area contributed by atoms with Crippen molar-refractivity contribution < 1.29 is 12.8 Å². The lowest BCUT2D eigenvalue weighted by Crippen LogP contribution is -2.31. The summed E-state index contributed by atoms with van der Waals surface area (Å²) in [4.78, 5) is 6.55. The van der Waals surface area contributed by atoms with Crippen molar-refractivity contribution in [3.8, 4) is 11.5 Å². The van der Waals surface area contributed by atoms with Gasteiger partial charge in [0.2, 0.25) is 26.6 Å². The predicted octanol–water partition coefficient (Wildman–Crippen LogP) is 5.39. The van der Waals surface area contributed by atoms with E-state index in [-0.39, 0.29) is 21.7 Å². The van der Waals surface area contributed by atoms with Gasteiger partial charge in [-0.25, -0.2) is 8.42 Å². The van der Waals surface area contributed by atoms with Gasteiger partial charge in [0.15, 0.2) is 0 Å². The Hall–Kier alpha value is -3.09. The van der Waals surface area contributed by atoms with Crippen molar-refractivity contribution >= 4 is 27.3 Å². The maximum Gasteiger partial charge on any atom is 0.236 e. The molecule has 0 spiro atoms. The van der Waals surface area contributed by atoms with E-state index in [4.69, 9.17) is 16.0 Å². The van der Waals surface area contributed by atoms with E-state index in [0.717, 1.165) is 12.0 Å². The van der Waals surface area contributed by atoms with Crippen LogP contribution in [0.15, 0.2) is 93.2 Å². The number of anilines is 1. The third kappa shape index (κ3) is 3.62. The number of sulfone groups is 1. The number of aromatic nitrogens is 1. The monoisotopic (exact) mass is 450 g/mol. The first-order valence-electron chi connectivity index (χ1n) is 9.91. The average molecular weight is 451 g/mol. The lowest BCUT2D eigenvalue weighted by molar-refractivity contribution is 0.534. The average Bonchev–Trinajstić information content (AvgIpc) is 3.26. The van der Waals surface area contributed by atoms with Crippen LogP contribution in [0.25, 0.3) is 11.5 Å². The Labute approximate surface area is 185 Å². The molecule has 0 saturated carbocycles. The number of benzene rings is 3. The standard InChI is InChI=1S/C24H19ClN2O3S/c25-21-13-7-6-12-20(21)22-26-23(31(28,29)19-10-2-1-3-11-19)24(30-22)27-15-14-17-8-4-5-9-18(17)16-27/h1-13H,14-16H2. The zero-order valence-corrected chi connectivity index (χ0v) is 18.1. The molecule has 3 aromatic carbocycles. The van der Waals surface area contributed by atoms with Gasteiger partial charge in [-0.15, -0.1) is 0 Å². The van der Waals surface area contributed by atoms with Crippen molar-refractivity contribution in [2.45, 2.75) is 22.9 Å². The van der Waals surface area contributed by atoms with Crippen LogP contribution in [0.3, 0.4) is 0 Å². The number of halogens is 1. The Morgan fingerprint density at radius 3 is 2.32 bits per heavy atom. The number of oxazole rings is 1. The Kier molecular flexibility index (Phi) is 5.04. The Balaban J connectivity index is 1.66. The topological polar surface area (TPSA) is 63.4 Å². The Morgan fingerprint density at radius 2 is 1.55 bits per heavy atom. The van der Waals surface area contributed by atoms with Gasteiger partial charge in [-0.1, -0.05) is 66.2 Å². The third-order valence-corrected chi connectivity index (χ3v) is 7.41. The van der Waals surface area contributed by atoms with Crippen molar-refractivity contribution in [2.75, 3.05) is 11.4 Å². The summed E-state index contributed by atoms with van der Waals surface area (Å²) in [5, 5.41) is 0.357. The van der Waals surface area contributed by atoms with E-state index < -0.39 is 9.84 Å². The number of rotatable bonds is 4. The molecule has 31 heavy (non-hydrogen) atoms. The molecule has 0 N–H and O–H groups in total. The molecular formula is C24H19ClN2O3S.